The van der Waals surface area contributed by atoms with Crippen molar-refractivity contribution in [3.05, 3.63) is 29.6 Å². The highest BCUT2D eigenvalue weighted by molar-refractivity contribution is 5.85. The number of halogens is 2. The van der Waals surface area contributed by atoms with Gasteiger partial charge in [0.1, 0.15) is 11.6 Å². The summed E-state index contributed by atoms with van der Waals surface area (Å²) in [6.07, 6.45) is 4.67. The molecule has 0 amide bonds. The van der Waals surface area contributed by atoms with Crippen molar-refractivity contribution in [3.8, 4) is 5.75 Å². The number of aliphatic hydroxyl groups excluding tert-OH is 1. The molecule has 6 nitrogen and oxygen atoms in total. The number of carboxylic acids is 1. The molecular weight excluding hydrogens is 389 g/mol. The molecule has 1 aromatic carbocycles. The first-order valence-corrected chi connectivity index (χ1v) is 9.70. The van der Waals surface area contributed by atoms with Gasteiger partial charge in [0, 0.05) is 5.56 Å². The van der Waals surface area contributed by atoms with Crippen molar-refractivity contribution in [1.29, 1.82) is 0 Å². The van der Waals surface area contributed by atoms with Crippen LogP contribution in [0.1, 0.15) is 50.0 Å². The normalized spacial score (nSPS) is 27.6. The van der Waals surface area contributed by atoms with Gasteiger partial charge in [-0.3, -0.25) is 0 Å². The van der Waals surface area contributed by atoms with Crippen LogP contribution >= 0.6 is 12.4 Å². The van der Waals surface area contributed by atoms with Crippen molar-refractivity contribution in [2.45, 2.75) is 62.7 Å². The van der Waals surface area contributed by atoms with E-state index >= 15 is 0 Å². The number of nitrogens with one attached hydrogen (secondary N) is 1. The predicted octanol–water partition coefficient (Wildman–Crippen LogP) is 2.87. The number of carbonyl (C=O) groups is 1. The maximum Gasteiger partial charge on any atom is 0.341 e. The summed E-state index contributed by atoms with van der Waals surface area (Å²) in [5, 5.41) is 22.1. The Kier molecular flexibility index (Phi) is 8.95. The fourth-order valence-corrected chi connectivity index (χ4v) is 4.04. The summed E-state index contributed by atoms with van der Waals surface area (Å²) in [5.41, 5.74) is 0.474. The summed E-state index contributed by atoms with van der Waals surface area (Å²) in [5.74, 6) is -1.12. The first-order chi connectivity index (χ1) is 13.0. The summed E-state index contributed by atoms with van der Waals surface area (Å²) >= 11 is 0. The monoisotopic (exact) mass is 417 g/mol. The largest absolute Gasteiger partial charge is 0.482 e. The highest BCUT2D eigenvalue weighted by atomic mass is 35.5. The number of carboxylic acid groups (broad SMARTS) is 1. The third kappa shape index (κ3) is 6.04. The molecular formula is C20H29ClFNO5. The van der Waals surface area contributed by atoms with Gasteiger partial charge in [0.25, 0.3) is 0 Å². The quantitative estimate of drug-likeness (QED) is 0.632. The van der Waals surface area contributed by atoms with Crippen LogP contribution in [0.5, 0.6) is 5.75 Å². The zero-order valence-corrected chi connectivity index (χ0v) is 16.6. The lowest BCUT2D eigenvalue weighted by Crippen LogP contribution is -2.48. The van der Waals surface area contributed by atoms with Gasteiger partial charge in [-0.1, -0.05) is 6.07 Å². The molecule has 0 spiro atoms. The minimum atomic E-state index is -1.08. The lowest BCUT2D eigenvalue weighted by molar-refractivity contribution is -0.139. The topological polar surface area (TPSA) is 88.0 Å². The molecule has 0 bridgehead atoms. The van der Waals surface area contributed by atoms with E-state index in [0.717, 1.165) is 45.1 Å². The molecule has 28 heavy (non-hydrogen) atoms. The van der Waals surface area contributed by atoms with Crippen LogP contribution in [0.2, 0.25) is 0 Å². The van der Waals surface area contributed by atoms with E-state index in [1.165, 1.54) is 12.1 Å². The number of benzene rings is 1. The van der Waals surface area contributed by atoms with Crippen LogP contribution in [-0.4, -0.2) is 54.2 Å². The van der Waals surface area contributed by atoms with Gasteiger partial charge in [-0.05, 0) is 63.1 Å². The molecule has 1 heterocycles. The molecule has 1 aliphatic heterocycles. The third-order valence-corrected chi connectivity index (χ3v) is 5.51. The van der Waals surface area contributed by atoms with Gasteiger partial charge in [-0.15, -0.1) is 12.4 Å². The van der Waals surface area contributed by atoms with E-state index in [1.54, 1.807) is 6.07 Å². The molecule has 8 heteroatoms. The number of ether oxygens (including phenoxy) is 2. The molecule has 3 rings (SSSR count). The van der Waals surface area contributed by atoms with Crippen LogP contribution in [-0.2, 0) is 9.53 Å². The molecule has 0 unspecified atom stereocenters. The molecule has 0 radical (unpaired) electrons. The second kappa shape index (κ2) is 11.0. The Bertz CT molecular complexity index is 639. The first kappa shape index (κ1) is 22.9. The highest BCUT2D eigenvalue weighted by Crippen LogP contribution is 2.39. The van der Waals surface area contributed by atoms with Crippen LogP contribution in [0.3, 0.4) is 0 Å². The number of hydrogen-bond acceptors (Lipinski definition) is 5. The number of hydrogen-bond donors (Lipinski definition) is 3. The molecule has 2 aliphatic rings. The van der Waals surface area contributed by atoms with E-state index in [1.807, 2.05) is 0 Å². The average molecular weight is 418 g/mol. The minimum Gasteiger partial charge on any atom is -0.482 e. The van der Waals surface area contributed by atoms with Gasteiger partial charge >= 0.3 is 5.97 Å². The molecule has 1 aliphatic carbocycles. The maximum absolute atomic E-state index is 14.4. The van der Waals surface area contributed by atoms with Gasteiger partial charge in [-0.25, -0.2) is 9.18 Å². The van der Waals surface area contributed by atoms with E-state index in [2.05, 4.69) is 5.32 Å². The van der Waals surface area contributed by atoms with Crippen molar-refractivity contribution in [3.63, 3.8) is 0 Å². The number of aliphatic hydroxyl groups is 1. The summed E-state index contributed by atoms with van der Waals surface area (Å²) in [6, 6.07) is 4.54. The zero-order valence-electron chi connectivity index (χ0n) is 15.8. The van der Waals surface area contributed by atoms with Gasteiger partial charge in [-0.2, -0.15) is 0 Å². The van der Waals surface area contributed by atoms with Crippen LogP contribution in [0.25, 0.3) is 0 Å². The Morgan fingerprint density at radius 1 is 1.21 bits per heavy atom. The molecule has 3 N–H and O–H groups in total. The number of rotatable bonds is 7. The second-order valence-electron chi connectivity index (χ2n) is 7.41. The number of piperidine rings is 1. The SMILES string of the molecule is Cl.O=C(O)COc1cccc(F)c1C1CCC(OC[C@@H]2NCCC[C@@H]2O)CC1. The van der Waals surface area contributed by atoms with Gasteiger partial charge in [0.05, 0.1) is 24.9 Å². The smallest absolute Gasteiger partial charge is 0.341 e. The van der Waals surface area contributed by atoms with E-state index < -0.39 is 12.6 Å². The van der Waals surface area contributed by atoms with Gasteiger partial charge in [0.15, 0.2) is 6.61 Å². The van der Waals surface area contributed by atoms with Gasteiger partial charge < -0.3 is 25.0 Å². The Morgan fingerprint density at radius 2 is 1.96 bits per heavy atom. The van der Waals surface area contributed by atoms with Crippen LogP contribution in [0.4, 0.5) is 4.39 Å². The Morgan fingerprint density at radius 3 is 2.64 bits per heavy atom. The standard InChI is InChI=1S/C20H28FNO5.ClH/c21-15-3-1-5-18(27-12-19(24)25)20(15)13-6-8-14(9-7-13)26-11-16-17(23)4-2-10-22-16;/h1,3,5,13-14,16-17,22-23H,2,4,6-12H2,(H,24,25);1H/t13?,14?,16-,17-;/m0./s1. The molecule has 2 fully saturated rings. The molecule has 158 valence electrons. The Balaban J connectivity index is 0.00000280. The fraction of sp³-hybridized carbons (Fsp3) is 0.650. The molecule has 1 saturated heterocycles. The summed E-state index contributed by atoms with van der Waals surface area (Å²) in [6.45, 7) is 0.916. The zero-order chi connectivity index (χ0) is 19.2. The van der Waals surface area contributed by atoms with E-state index in [0.29, 0.717) is 17.9 Å². The van der Waals surface area contributed by atoms with E-state index in [9.17, 15) is 14.3 Å². The first-order valence-electron chi connectivity index (χ1n) is 9.70. The Labute approximate surface area is 170 Å². The maximum atomic E-state index is 14.4. The summed E-state index contributed by atoms with van der Waals surface area (Å²) in [4.78, 5) is 10.8. The van der Waals surface area contributed by atoms with E-state index in [-0.39, 0.29) is 42.4 Å². The van der Waals surface area contributed by atoms with Crippen molar-refractivity contribution >= 4 is 18.4 Å². The highest BCUT2D eigenvalue weighted by Gasteiger charge is 2.29. The van der Waals surface area contributed by atoms with Crippen molar-refractivity contribution in [2.75, 3.05) is 19.8 Å². The van der Waals surface area contributed by atoms with Crippen molar-refractivity contribution < 1.29 is 28.9 Å². The molecule has 1 saturated carbocycles. The summed E-state index contributed by atoms with van der Waals surface area (Å²) < 4.78 is 25.7. The van der Waals surface area contributed by atoms with E-state index in [4.69, 9.17) is 14.6 Å². The van der Waals surface area contributed by atoms with Crippen molar-refractivity contribution in [1.82, 2.24) is 5.32 Å². The third-order valence-electron chi connectivity index (χ3n) is 5.51. The Hall–Kier alpha value is -1.41. The fourth-order valence-electron chi connectivity index (χ4n) is 4.04. The number of aliphatic carboxylic acids is 1. The lowest BCUT2D eigenvalue weighted by atomic mass is 9.82. The molecule has 2 atom stereocenters. The van der Waals surface area contributed by atoms with Crippen LogP contribution in [0, 0.1) is 5.82 Å². The minimum absolute atomic E-state index is 0. The second-order valence-corrected chi connectivity index (χ2v) is 7.41. The molecule has 1 aromatic rings. The predicted molar refractivity (Wildman–Crippen MR) is 105 cm³/mol. The van der Waals surface area contributed by atoms with Gasteiger partial charge in [0.2, 0.25) is 0 Å². The summed E-state index contributed by atoms with van der Waals surface area (Å²) in [7, 11) is 0. The average Bonchev–Trinajstić information content (AvgIpc) is 2.66. The van der Waals surface area contributed by atoms with Crippen LogP contribution in [0.15, 0.2) is 18.2 Å². The molecule has 0 aromatic heterocycles. The lowest BCUT2D eigenvalue weighted by Gasteiger charge is -2.33. The van der Waals surface area contributed by atoms with Crippen LogP contribution < -0.4 is 10.1 Å². The van der Waals surface area contributed by atoms with Crippen molar-refractivity contribution in [2.24, 2.45) is 0 Å².